The molecule has 6 nitrogen and oxygen atoms in total. The van der Waals surface area contributed by atoms with Crippen LogP contribution >= 0.6 is 0 Å². The van der Waals surface area contributed by atoms with Crippen molar-refractivity contribution in [1.82, 2.24) is 9.88 Å². The Hall–Kier alpha value is -3.38. The number of anilines is 1. The van der Waals surface area contributed by atoms with E-state index in [1.54, 1.807) is 18.3 Å². The van der Waals surface area contributed by atoms with Gasteiger partial charge in [-0.05, 0) is 56.2 Å². The summed E-state index contributed by atoms with van der Waals surface area (Å²) < 4.78 is 11.4. The Labute approximate surface area is 202 Å². The van der Waals surface area contributed by atoms with Crippen molar-refractivity contribution >= 4 is 11.8 Å². The van der Waals surface area contributed by atoms with E-state index in [-0.39, 0.29) is 12.1 Å². The summed E-state index contributed by atoms with van der Waals surface area (Å²) in [5.74, 6) is 1.28. The van der Waals surface area contributed by atoms with Gasteiger partial charge in [-0.15, -0.1) is 0 Å². The maximum Gasteiger partial charge on any atom is 0.342 e. The summed E-state index contributed by atoms with van der Waals surface area (Å²) in [6.45, 7) is 10.7. The van der Waals surface area contributed by atoms with Crippen LogP contribution in [0.5, 0.6) is 5.75 Å². The topological polar surface area (TPSA) is 54.9 Å². The SMILES string of the molecule is Cc1ccc(OCc2cccc(CN3CCN(c4ncccc4C(=O)OC(C)C)CC3)c2)cc1. The predicted molar refractivity (Wildman–Crippen MR) is 134 cm³/mol. The van der Waals surface area contributed by atoms with Crippen molar-refractivity contribution in [2.24, 2.45) is 0 Å². The first-order chi connectivity index (χ1) is 16.5. The lowest BCUT2D eigenvalue weighted by atomic mass is 10.1. The standard InChI is InChI=1S/C28H33N3O3/c1-21(2)34-28(32)26-8-5-13-29-27(26)31-16-14-30(15-17-31)19-23-6-4-7-24(18-23)20-33-25-11-9-22(3)10-12-25/h4-13,18,21H,14-17,19-20H2,1-3H3. The van der Waals surface area contributed by atoms with Crippen molar-refractivity contribution < 1.29 is 14.3 Å². The van der Waals surface area contributed by atoms with Crippen LogP contribution in [0.3, 0.4) is 0 Å². The molecular formula is C28H33N3O3. The normalized spacial score (nSPS) is 14.3. The maximum absolute atomic E-state index is 12.5. The Balaban J connectivity index is 1.32. The quantitative estimate of drug-likeness (QED) is 0.449. The Bertz CT molecular complexity index is 1090. The molecule has 0 unspecified atom stereocenters. The van der Waals surface area contributed by atoms with E-state index in [1.165, 1.54) is 16.7 Å². The first-order valence-corrected chi connectivity index (χ1v) is 11.9. The molecule has 0 radical (unpaired) electrons. The Morgan fingerprint density at radius 1 is 0.971 bits per heavy atom. The molecule has 1 fully saturated rings. The van der Waals surface area contributed by atoms with Crippen molar-refractivity contribution in [2.75, 3.05) is 31.1 Å². The number of pyridine rings is 1. The van der Waals surface area contributed by atoms with Crippen molar-refractivity contribution in [3.8, 4) is 5.75 Å². The van der Waals surface area contributed by atoms with Gasteiger partial charge in [0.2, 0.25) is 0 Å². The fraction of sp³-hybridized carbons (Fsp3) is 0.357. The fourth-order valence-electron chi connectivity index (χ4n) is 4.08. The first-order valence-electron chi connectivity index (χ1n) is 11.9. The van der Waals surface area contributed by atoms with Gasteiger partial charge in [0.05, 0.1) is 6.10 Å². The molecular weight excluding hydrogens is 426 g/mol. The summed E-state index contributed by atoms with van der Waals surface area (Å²) in [4.78, 5) is 21.6. The van der Waals surface area contributed by atoms with Crippen LogP contribution in [-0.4, -0.2) is 48.1 Å². The monoisotopic (exact) mass is 459 g/mol. The number of nitrogens with zero attached hydrogens (tertiary/aromatic N) is 3. The minimum absolute atomic E-state index is 0.157. The van der Waals surface area contributed by atoms with Crippen LogP contribution < -0.4 is 9.64 Å². The third-order valence-corrected chi connectivity index (χ3v) is 5.85. The van der Waals surface area contributed by atoms with Gasteiger partial charge >= 0.3 is 5.97 Å². The van der Waals surface area contributed by atoms with Gasteiger partial charge in [0.1, 0.15) is 23.7 Å². The highest BCUT2D eigenvalue weighted by Gasteiger charge is 2.23. The third-order valence-electron chi connectivity index (χ3n) is 5.85. The number of aryl methyl sites for hydroxylation is 1. The molecule has 1 saturated heterocycles. The van der Waals surface area contributed by atoms with Crippen molar-refractivity contribution in [3.05, 3.63) is 89.1 Å². The highest BCUT2D eigenvalue weighted by atomic mass is 16.5. The second-order valence-corrected chi connectivity index (χ2v) is 9.01. The predicted octanol–water partition coefficient (Wildman–Crippen LogP) is 4.86. The summed E-state index contributed by atoms with van der Waals surface area (Å²) >= 11 is 0. The largest absolute Gasteiger partial charge is 0.489 e. The number of piperazine rings is 1. The van der Waals surface area contributed by atoms with Gasteiger partial charge in [0.25, 0.3) is 0 Å². The Kier molecular flexibility index (Phi) is 7.80. The number of esters is 1. The average molecular weight is 460 g/mol. The van der Waals surface area contributed by atoms with Gasteiger partial charge in [-0.2, -0.15) is 0 Å². The number of hydrogen-bond acceptors (Lipinski definition) is 6. The number of carbonyl (C=O) groups excluding carboxylic acids is 1. The van der Waals surface area contributed by atoms with E-state index in [2.05, 4.69) is 58.1 Å². The molecule has 2 aromatic carbocycles. The van der Waals surface area contributed by atoms with Crippen molar-refractivity contribution in [1.29, 1.82) is 0 Å². The third kappa shape index (κ3) is 6.35. The van der Waals surface area contributed by atoms with Gasteiger partial charge in [-0.1, -0.05) is 42.0 Å². The van der Waals surface area contributed by atoms with Gasteiger partial charge in [-0.25, -0.2) is 9.78 Å². The lowest BCUT2D eigenvalue weighted by molar-refractivity contribution is 0.0378. The molecule has 0 bridgehead atoms. The van der Waals surface area contributed by atoms with E-state index < -0.39 is 0 Å². The van der Waals surface area contributed by atoms with Crippen LogP contribution in [0, 0.1) is 6.92 Å². The van der Waals surface area contributed by atoms with E-state index in [0.29, 0.717) is 18.0 Å². The number of benzene rings is 2. The van der Waals surface area contributed by atoms with E-state index in [1.807, 2.05) is 26.0 Å². The zero-order valence-corrected chi connectivity index (χ0v) is 20.2. The van der Waals surface area contributed by atoms with Crippen molar-refractivity contribution in [3.63, 3.8) is 0 Å². The van der Waals surface area contributed by atoms with Crippen LogP contribution in [0.25, 0.3) is 0 Å². The highest BCUT2D eigenvalue weighted by molar-refractivity contribution is 5.94. The maximum atomic E-state index is 12.5. The summed E-state index contributed by atoms with van der Waals surface area (Å²) in [5.41, 5.74) is 4.20. The molecule has 1 aliphatic heterocycles. The summed E-state index contributed by atoms with van der Waals surface area (Å²) in [5, 5.41) is 0. The second-order valence-electron chi connectivity index (χ2n) is 9.01. The molecule has 2 heterocycles. The highest BCUT2D eigenvalue weighted by Crippen LogP contribution is 2.21. The van der Waals surface area contributed by atoms with Gasteiger partial charge in [-0.3, -0.25) is 4.90 Å². The molecule has 0 amide bonds. The number of aromatic nitrogens is 1. The molecule has 0 aliphatic carbocycles. The van der Waals surface area contributed by atoms with Crippen LogP contribution in [0.4, 0.5) is 5.82 Å². The van der Waals surface area contributed by atoms with E-state index >= 15 is 0 Å². The Morgan fingerprint density at radius 2 is 1.71 bits per heavy atom. The lowest BCUT2D eigenvalue weighted by Crippen LogP contribution is -2.46. The van der Waals surface area contributed by atoms with Crippen molar-refractivity contribution in [2.45, 2.75) is 40.0 Å². The molecule has 4 rings (SSSR count). The van der Waals surface area contributed by atoms with Crippen LogP contribution in [-0.2, 0) is 17.9 Å². The second kappa shape index (κ2) is 11.2. The fourth-order valence-corrected chi connectivity index (χ4v) is 4.08. The summed E-state index contributed by atoms with van der Waals surface area (Å²) in [6.07, 6.45) is 1.58. The zero-order chi connectivity index (χ0) is 23.9. The van der Waals surface area contributed by atoms with Gasteiger partial charge < -0.3 is 14.4 Å². The molecule has 0 atom stereocenters. The van der Waals surface area contributed by atoms with Gasteiger partial charge in [0.15, 0.2) is 0 Å². The molecule has 6 heteroatoms. The molecule has 178 valence electrons. The molecule has 0 saturated carbocycles. The lowest BCUT2D eigenvalue weighted by Gasteiger charge is -2.36. The zero-order valence-electron chi connectivity index (χ0n) is 20.2. The summed E-state index contributed by atoms with van der Waals surface area (Å²) in [7, 11) is 0. The molecule has 0 N–H and O–H groups in total. The van der Waals surface area contributed by atoms with E-state index in [9.17, 15) is 4.79 Å². The minimum Gasteiger partial charge on any atom is -0.489 e. The number of carbonyl (C=O) groups is 1. The van der Waals surface area contributed by atoms with Crippen LogP contribution in [0.15, 0.2) is 66.9 Å². The number of hydrogen-bond donors (Lipinski definition) is 0. The first kappa shape index (κ1) is 23.8. The van der Waals surface area contributed by atoms with Crippen LogP contribution in [0.2, 0.25) is 0 Å². The van der Waals surface area contributed by atoms with E-state index in [0.717, 1.165) is 38.5 Å². The summed E-state index contributed by atoms with van der Waals surface area (Å²) in [6, 6.07) is 20.3. The van der Waals surface area contributed by atoms with E-state index in [4.69, 9.17) is 9.47 Å². The number of ether oxygens (including phenoxy) is 2. The molecule has 1 aromatic heterocycles. The minimum atomic E-state index is -0.315. The smallest absolute Gasteiger partial charge is 0.342 e. The van der Waals surface area contributed by atoms with Gasteiger partial charge in [0, 0.05) is 38.9 Å². The molecule has 34 heavy (non-hydrogen) atoms. The Morgan fingerprint density at radius 3 is 2.44 bits per heavy atom. The average Bonchev–Trinajstić information content (AvgIpc) is 2.84. The number of rotatable bonds is 8. The molecule has 1 aliphatic rings. The molecule has 0 spiro atoms. The molecule has 3 aromatic rings. The van der Waals surface area contributed by atoms with Crippen LogP contribution in [0.1, 0.15) is 40.9 Å².